The van der Waals surface area contributed by atoms with Gasteiger partial charge in [-0.3, -0.25) is 10.1 Å². The van der Waals surface area contributed by atoms with E-state index in [4.69, 9.17) is 11.6 Å². The third-order valence-corrected chi connectivity index (χ3v) is 3.39. The zero-order chi connectivity index (χ0) is 13.7. The summed E-state index contributed by atoms with van der Waals surface area (Å²) < 4.78 is 0. The Morgan fingerprint density at radius 1 is 1.44 bits per heavy atom. The molecule has 0 aliphatic rings. The molecule has 0 radical (unpaired) electrons. The van der Waals surface area contributed by atoms with E-state index in [1.165, 1.54) is 6.07 Å². The first-order chi connectivity index (χ1) is 8.45. The lowest BCUT2D eigenvalue weighted by Crippen LogP contribution is -2.33. The van der Waals surface area contributed by atoms with Crippen molar-refractivity contribution in [1.82, 2.24) is 5.32 Å². The molecular formula is C13H19ClN2O2. The summed E-state index contributed by atoms with van der Waals surface area (Å²) in [5, 5.41) is 14.8. The molecule has 0 aliphatic carbocycles. The second-order valence-electron chi connectivity index (χ2n) is 4.56. The first kappa shape index (κ1) is 14.9. The zero-order valence-corrected chi connectivity index (χ0v) is 11.7. The van der Waals surface area contributed by atoms with Gasteiger partial charge in [0.15, 0.2) is 0 Å². The highest BCUT2D eigenvalue weighted by molar-refractivity contribution is 6.30. The maximum absolute atomic E-state index is 11.0. The molecule has 18 heavy (non-hydrogen) atoms. The highest BCUT2D eigenvalue weighted by atomic mass is 35.5. The Hall–Kier alpha value is -1.13. The molecule has 0 bridgehead atoms. The van der Waals surface area contributed by atoms with Crippen LogP contribution in [-0.2, 0) is 6.42 Å². The van der Waals surface area contributed by atoms with Gasteiger partial charge in [0.1, 0.15) is 0 Å². The van der Waals surface area contributed by atoms with E-state index in [1.807, 2.05) is 6.92 Å². The lowest BCUT2D eigenvalue weighted by atomic mass is 9.94. The van der Waals surface area contributed by atoms with Crippen molar-refractivity contribution < 1.29 is 4.92 Å². The highest BCUT2D eigenvalue weighted by Gasteiger charge is 2.19. The Bertz CT molecular complexity index is 423. The monoisotopic (exact) mass is 270 g/mol. The Labute approximate surface area is 112 Å². The van der Waals surface area contributed by atoms with E-state index in [9.17, 15) is 10.1 Å². The SMILES string of the molecule is CCNC(C)C(C)Cc1cc(Cl)ccc1[N+](=O)[O-]. The number of nitrogens with one attached hydrogen (secondary N) is 1. The van der Waals surface area contributed by atoms with Crippen LogP contribution in [0.1, 0.15) is 26.3 Å². The molecule has 2 unspecified atom stereocenters. The number of rotatable bonds is 6. The molecule has 0 heterocycles. The molecule has 1 aromatic rings. The summed E-state index contributed by atoms with van der Waals surface area (Å²) in [6.07, 6.45) is 0.644. The summed E-state index contributed by atoms with van der Waals surface area (Å²) in [4.78, 5) is 10.6. The van der Waals surface area contributed by atoms with Crippen molar-refractivity contribution in [2.45, 2.75) is 33.2 Å². The van der Waals surface area contributed by atoms with Crippen LogP contribution in [0.25, 0.3) is 0 Å². The predicted octanol–water partition coefficient (Wildman–Crippen LogP) is 3.42. The summed E-state index contributed by atoms with van der Waals surface area (Å²) in [5.41, 5.74) is 0.847. The van der Waals surface area contributed by atoms with Gasteiger partial charge in [-0.1, -0.05) is 25.4 Å². The number of nitrogens with zero attached hydrogens (tertiary/aromatic N) is 1. The number of nitro benzene ring substituents is 1. The second-order valence-corrected chi connectivity index (χ2v) is 4.99. The number of hydrogen-bond acceptors (Lipinski definition) is 3. The molecule has 5 heteroatoms. The van der Waals surface area contributed by atoms with Crippen LogP contribution in [0.3, 0.4) is 0 Å². The molecule has 0 saturated heterocycles. The Kier molecular flexibility index (Phi) is 5.56. The van der Waals surface area contributed by atoms with Crippen LogP contribution in [0.5, 0.6) is 0 Å². The van der Waals surface area contributed by atoms with Gasteiger partial charge in [0.25, 0.3) is 5.69 Å². The average Bonchev–Trinajstić information content (AvgIpc) is 2.28. The van der Waals surface area contributed by atoms with E-state index in [-0.39, 0.29) is 10.6 Å². The minimum atomic E-state index is -0.351. The Morgan fingerprint density at radius 2 is 2.11 bits per heavy atom. The van der Waals surface area contributed by atoms with Crippen LogP contribution in [0.2, 0.25) is 5.02 Å². The Balaban J connectivity index is 2.88. The number of benzene rings is 1. The van der Waals surface area contributed by atoms with Crippen molar-refractivity contribution in [1.29, 1.82) is 0 Å². The standard InChI is InChI=1S/C13H19ClN2O2/c1-4-15-10(3)9(2)7-11-8-12(14)5-6-13(11)16(17)18/h5-6,8-10,15H,4,7H2,1-3H3. The maximum atomic E-state index is 11.0. The molecule has 0 aromatic heterocycles. The second kappa shape index (κ2) is 6.71. The molecule has 2 atom stereocenters. The van der Waals surface area contributed by atoms with E-state index in [1.54, 1.807) is 12.1 Å². The van der Waals surface area contributed by atoms with Gasteiger partial charge < -0.3 is 5.32 Å². The average molecular weight is 271 g/mol. The van der Waals surface area contributed by atoms with E-state index in [0.29, 0.717) is 29.0 Å². The molecular weight excluding hydrogens is 252 g/mol. The largest absolute Gasteiger partial charge is 0.314 e. The summed E-state index contributed by atoms with van der Waals surface area (Å²) in [6, 6.07) is 5.03. The number of halogens is 1. The molecule has 0 saturated carbocycles. The molecule has 0 spiro atoms. The maximum Gasteiger partial charge on any atom is 0.272 e. The van der Waals surface area contributed by atoms with Crippen LogP contribution in [0.15, 0.2) is 18.2 Å². The zero-order valence-electron chi connectivity index (χ0n) is 10.9. The van der Waals surface area contributed by atoms with Crippen molar-refractivity contribution in [2.24, 2.45) is 5.92 Å². The van der Waals surface area contributed by atoms with Crippen LogP contribution in [0, 0.1) is 16.0 Å². The van der Waals surface area contributed by atoms with Crippen molar-refractivity contribution in [3.8, 4) is 0 Å². The predicted molar refractivity (Wildman–Crippen MR) is 74.1 cm³/mol. The van der Waals surface area contributed by atoms with Crippen molar-refractivity contribution in [2.75, 3.05) is 6.54 Å². The molecule has 1 N–H and O–H groups in total. The summed E-state index contributed by atoms with van der Waals surface area (Å²) in [7, 11) is 0. The quantitative estimate of drug-likeness (QED) is 0.636. The third-order valence-electron chi connectivity index (χ3n) is 3.16. The van der Waals surface area contributed by atoms with Gasteiger partial charge in [0, 0.05) is 22.7 Å². The van der Waals surface area contributed by atoms with Gasteiger partial charge in [-0.05, 0) is 37.9 Å². The fourth-order valence-electron chi connectivity index (χ4n) is 1.94. The van der Waals surface area contributed by atoms with Gasteiger partial charge in [0.2, 0.25) is 0 Å². The van der Waals surface area contributed by atoms with Gasteiger partial charge in [-0.25, -0.2) is 0 Å². The topological polar surface area (TPSA) is 55.2 Å². The van der Waals surface area contributed by atoms with Gasteiger partial charge >= 0.3 is 0 Å². The van der Waals surface area contributed by atoms with E-state index in [0.717, 1.165) is 6.54 Å². The number of hydrogen-bond donors (Lipinski definition) is 1. The summed E-state index contributed by atoms with van der Waals surface area (Å²) >= 11 is 5.91. The minimum Gasteiger partial charge on any atom is -0.314 e. The van der Waals surface area contributed by atoms with Crippen molar-refractivity contribution in [3.63, 3.8) is 0 Å². The van der Waals surface area contributed by atoms with E-state index in [2.05, 4.69) is 19.2 Å². The fourth-order valence-corrected chi connectivity index (χ4v) is 2.14. The van der Waals surface area contributed by atoms with Crippen LogP contribution >= 0.6 is 11.6 Å². The summed E-state index contributed by atoms with van der Waals surface area (Å²) in [6.45, 7) is 7.11. The van der Waals surface area contributed by atoms with E-state index < -0.39 is 0 Å². The fraction of sp³-hybridized carbons (Fsp3) is 0.538. The first-order valence-corrected chi connectivity index (χ1v) is 6.49. The molecule has 0 amide bonds. The van der Waals surface area contributed by atoms with Crippen LogP contribution in [-0.4, -0.2) is 17.5 Å². The molecule has 1 rings (SSSR count). The Morgan fingerprint density at radius 3 is 2.67 bits per heavy atom. The highest BCUT2D eigenvalue weighted by Crippen LogP contribution is 2.26. The molecule has 0 aliphatic heterocycles. The number of nitro groups is 1. The molecule has 1 aromatic carbocycles. The van der Waals surface area contributed by atoms with Crippen LogP contribution < -0.4 is 5.32 Å². The molecule has 0 fully saturated rings. The lowest BCUT2D eigenvalue weighted by Gasteiger charge is -2.20. The molecule has 100 valence electrons. The van der Waals surface area contributed by atoms with Gasteiger partial charge in [-0.2, -0.15) is 0 Å². The smallest absolute Gasteiger partial charge is 0.272 e. The summed E-state index contributed by atoms with van der Waals surface area (Å²) in [5.74, 6) is 0.308. The minimum absolute atomic E-state index is 0.148. The van der Waals surface area contributed by atoms with Gasteiger partial charge in [-0.15, -0.1) is 0 Å². The van der Waals surface area contributed by atoms with Gasteiger partial charge in [0.05, 0.1) is 4.92 Å². The van der Waals surface area contributed by atoms with Crippen molar-refractivity contribution >= 4 is 17.3 Å². The van der Waals surface area contributed by atoms with E-state index >= 15 is 0 Å². The van der Waals surface area contributed by atoms with Crippen LogP contribution in [0.4, 0.5) is 5.69 Å². The normalized spacial score (nSPS) is 14.2. The third kappa shape index (κ3) is 3.96. The lowest BCUT2D eigenvalue weighted by molar-refractivity contribution is -0.385. The molecule has 4 nitrogen and oxygen atoms in total. The van der Waals surface area contributed by atoms with Crippen molar-refractivity contribution in [3.05, 3.63) is 38.9 Å². The first-order valence-electron chi connectivity index (χ1n) is 6.11.